The number of fused-ring (bicyclic) bond motifs is 1. The molecule has 2 aromatic rings. The normalized spacial score (nSPS) is 10.3. The monoisotopic (exact) mass is 263 g/mol. The van der Waals surface area contributed by atoms with Crippen molar-refractivity contribution in [2.45, 2.75) is 0 Å². The first kappa shape index (κ1) is 12.9. The Balaban J connectivity index is 2.86. The lowest BCUT2D eigenvalue weighted by atomic mass is 10.1. The van der Waals surface area contributed by atoms with Crippen LogP contribution in [0.4, 0.5) is 0 Å². The van der Waals surface area contributed by atoms with Crippen molar-refractivity contribution in [1.82, 2.24) is 4.98 Å². The number of esters is 1. The fraction of sp³-hybridized carbons (Fsp3) is 0.231. The summed E-state index contributed by atoms with van der Waals surface area (Å²) in [5.74, 6) is 0.232. The summed E-state index contributed by atoms with van der Waals surface area (Å²) in [5.41, 5.74) is 0.117. The highest BCUT2D eigenvalue weighted by atomic mass is 16.5. The number of hydrogen-bond donors (Lipinski definition) is 1. The molecular weight excluding hydrogens is 250 g/mol. The van der Waals surface area contributed by atoms with Gasteiger partial charge in [0, 0.05) is 6.07 Å². The number of rotatable bonds is 3. The van der Waals surface area contributed by atoms with E-state index in [1.165, 1.54) is 27.4 Å². The van der Waals surface area contributed by atoms with Gasteiger partial charge in [-0.15, -0.1) is 0 Å². The number of nitrogens with one attached hydrogen (secondary N) is 1. The van der Waals surface area contributed by atoms with Crippen LogP contribution in [0.1, 0.15) is 10.5 Å². The van der Waals surface area contributed by atoms with Crippen LogP contribution in [-0.4, -0.2) is 32.3 Å². The van der Waals surface area contributed by atoms with Gasteiger partial charge >= 0.3 is 5.97 Å². The van der Waals surface area contributed by atoms with Crippen LogP contribution in [0.3, 0.4) is 0 Å². The highest BCUT2D eigenvalue weighted by Gasteiger charge is 2.15. The molecule has 0 spiro atoms. The van der Waals surface area contributed by atoms with Gasteiger partial charge in [0.1, 0.15) is 17.2 Å². The van der Waals surface area contributed by atoms with Crippen molar-refractivity contribution in [3.8, 4) is 11.5 Å². The molecule has 6 nitrogen and oxygen atoms in total. The molecule has 0 fully saturated rings. The third-order valence-corrected chi connectivity index (χ3v) is 2.76. The quantitative estimate of drug-likeness (QED) is 0.845. The van der Waals surface area contributed by atoms with Gasteiger partial charge in [0.25, 0.3) is 0 Å². The third-order valence-electron chi connectivity index (χ3n) is 2.76. The van der Waals surface area contributed by atoms with E-state index in [2.05, 4.69) is 9.72 Å². The Kier molecular flexibility index (Phi) is 3.41. The van der Waals surface area contributed by atoms with Gasteiger partial charge in [-0.05, 0) is 12.1 Å². The van der Waals surface area contributed by atoms with E-state index in [0.717, 1.165) is 0 Å². The number of ether oxygens (including phenoxy) is 3. The summed E-state index contributed by atoms with van der Waals surface area (Å²) >= 11 is 0. The zero-order valence-electron chi connectivity index (χ0n) is 10.8. The van der Waals surface area contributed by atoms with E-state index in [1.54, 1.807) is 12.1 Å². The molecule has 100 valence electrons. The van der Waals surface area contributed by atoms with Crippen LogP contribution in [0.25, 0.3) is 10.9 Å². The molecule has 0 saturated heterocycles. The molecule has 6 heteroatoms. The number of aromatic amines is 1. The fourth-order valence-corrected chi connectivity index (χ4v) is 1.87. The molecule has 1 aromatic heterocycles. The van der Waals surface area contributed by atoms with Crippen LogP contribution < -0.4 is 14.9 Å². The van der Waals surface area contributed by atoms with Crippen molar-refractivity contribution >= 4 is 16.9 Å². The average molecular weight is 263 g/mol. The van der Waals surface area contributed by atoms with Crippen molar-refractivity contribution in [2.75, 3.05) is 21.3 Å². The van der Waals surface area contributed by atoms with Crippen LogP contribution in [-0.2, 0) is 4.74 Å². The summed E-state index contributed by atoms with van der Waals surface area (Å²) in [6, 6.07) is 4.46. The van der Waals surface area contributed by atoms with E-state index in [-0.39, 0.29) is 11.1 Å². The summed E-state index contributed by atoms with van der Waals surface area (Å²) < 4.78 is 14.9. The second-order valence-electron chi connectivity index (χ2n) is 3.76. The van der Waals surface area contributed by atoms with Crippen LogP contribution in [0.2, 0.25) is 0 Å². The minimum atomic E-state index is -0.621. The summed E-state index contributed by atoms with van der Waals surface area (Å²) in [5, 5.41) is 0.328. The molecule has 1 N–H and O–H groups in total. The molecule has 0 atom stereocenters. The van der Waals surface area contributed by atoms with E-state index in [9.17, 15) is 9.59 Å². The molecular formula is C13H13NO5. The summed E-state index contributed by atoms with van der Waals surface area (Å²) in [6.45, 7) is 0. The Morgan fingerprint density at radius 3 is 2.32 bits per heavy atom. The lowest BCUT2D eigenvalue weighted by molar-refractivity contribution is 0.0594. The minimum Gasteiger partial charge on any atom is -0.496 e. The molecule has 0 radical (unpaired) electrons. The Labute approximate surface area is 108 Å². The van der Waals surface area contributed by atoms with Gasteiger partial charge in [0.05, 0.1) is 32.2 Å². The molecule has 0 aliphatic rings. The standard InChI is InChI=1S/C13H13NO5/c1-17-9-4-5-10(18-2)12-11(9)8(15)6-7(14-12)13(16)19-3/h4-6H,1-3H3,(H,14,15). The van der Waals surface area contributed by atoms with E-state index in [4.69, 9.17) is 9.47 Å². The van der Waals surface area contributed by atoms with E-state index >= 15 is 0 Å². The summed E-state index contributed by atoms with van der Waals surface area (Å²) in [4.78, 5) is 26.4. The lowest BCUT2D eigenvalue weighted by Gasteiger charge is -2.10. The lowest BCUT2D eigenvalue weighted by Crippen LogP contribution is -2.12. The number of methoxy groups -OCH3 is 3. The van der Waals surface area contributed by atoms with Crippen LogP contribution >= 0.6 is 0 Å². The topological polar surface area (TPSA) is 77.6 Å². The SMILES string of the molecule is COC(=O)c1cc(=O)c2c(OC)ccc(OC)c2[nH]1. The number of benzene rings is 1. The van der Waals surface area contributed by atoms with Gasteiger partial charge in [0.15, 0.2) is 5.43 Å². The number of hydrogen-bond acceptors (Lipinski definition) is 5. The molecule has 2 rings (SSSR count). The van der Waals surface area contributed by atoms with Gasteiger partial charge < -0.3 is 19.2 Å². The van der Waals surface area contributed by atoms with Crippen LogP contribution in [0, 0.1) is 0 Å². The van der Waals surface area contributed by atoms with Gasteiger partial charge in [0.2, 0.25) is 0 Å². The molecule has 0 amide bonds. The van der Waals surface area contributed by atoms with E-state index < -0.39 is 5.97 Å². The van der Waals surface area contributed by atoms with Gasteiger partial charge in [-0.2, -0.15) is 0 Å². The predicted octanol–water partition coefficient (Wildman–Crippen LogP) is 1.33. The average Bonchev–Trinajstić information content (AvgIpc) is 2.44. The fourth-order valence-electron chi connectivity index (χ4n) is 1.87. The molecule has 1 aromatic carbocycles. The maximum atomic E-state index is 12.1. The molecule has 1 heterocycles. The molecule has 0 saturated carbocycles. The molecule has 19 heavy (non-hydrogen) atoms. The second-order valence-corrected chi connectivity index (χ2v) is 3.76. The van der Waals surface area contributed by atoms with Gasteiger partial charge in [-0.25, -0.2) is 4.79 Å². The zero-order chi connectivity index (χ0) is 14.0. The van der Waals surface area contributed by atoms with Crippen molar-refractivity contribution in [2.24, 2.45) is 0 Å². The molecule has 0 unspecified atom stereocenters. The first-order chi connectivity index (χ1) is 9.12. The van der Waals surface area contributed by atoms with Crippen molar-refractivity contribution in [3.63, 3.8) is 0 Å². The van der Waals surface area contributed by atoms with E-state index in [1.807, 2.05) is 0 Å². The third kappa shape index (κ3) is 2.12. The largest absolute Gasteiger partial charge is 0.496 e. The Bertz CT molecular complexity index is 689. The summed E-state index contributed by atoms with van der Waals surface area (Å²) in [6.07, 6.45) is 0. The first-order valence-electron chi connectivity index (χ1n) is 5.48. The van der Waals surface area contributed by atoms with Gasteiger partial charge in [-0.1, -0.05) is 0 Å². The zero-order valence-corrected chi connectivity index (χ0v) is 10.8. The number of pyridine rings is 1. The first-order valence-corrected chi connectivity index (χ1v) is 5.48. The highest BCUT2D eigenvalue weighted by molar-refractivity contribution is 5.95. The van der Waals surface area contributed by atoms with E-state index in [0.29, 0.717) is 22.4 Å². The molecule has 0 aliphatic heterocycles. The molecule has 0 bridgehead atoms. The second kappa shape index (κ2) is 5.01. The maximum Gasteiger partial charge on any atom is 0.354 e. The van der Waals surface area contributed by atoms with Crippen molar-refractivity contribution < 1.29 is 19.0 Å². The van der Waals surface area contributed by atoms with Crippen LogP contribution in [0.15, 0.2) is 23.0 Å². The highest BCUT2D eigenvalue weighted by Crippen LogP contribution is 2.29. The molecule has 0 aliphatic carbocycles. The summed E-state index contributed by atoms with van der Waals surface area (Å²) in [7, 11) is 4.19. The number of aromatic nitrogens is 1. The Morgan fingerprint density at radius 2 is 1.74 bits per heavy atom. The minimum absolute atomic E-state index is 0.0616. The number of carbonyl (C=O) groups excluding carboxylic acids is 1. The maximum absolute atomic E-state index is 12.1. The smallest absolute Gasteiger partial charge is 0.354 e. The predicted molar refractivity (Wildman–Crippen MR) is 69.0 cm³/mol. The Morgan fingerprint density at radius 1 is 1.11 bits per heavy atom. The number of H-pyrrole nitrogens is 1. The van der Waals surface area contributed by atoms with Gasteiger partial charge in [-0.3, -0.25) is 4.79 Å². The number of carbonyl (C=O) groups is 1. The van der Waals surface area contributed by atoms with Crippen molar-refractivity contribution in [1.29, 1.82) is 0 Å². The van der Waals surface area contributed by atoms with Crippen molar-refractivity contribution in [3.05, 3.63) is 34.1 Å². The Hall–Kier alpha value is -2.50. The van der Waals surface area contributed by atoms with Crippen LogP contribution in [0.5, 0.6) is 11.5 Å².